The Morgan fingerprint density at radius 2 is 1.83 bits per heavy atom. The van der Waals surface area contributed by atoms with Crippen LogP contribution in [0.5, 0.6) is 0 Å². The summed E-state index contributed by atoms with van der Waals surface area (Å²) in [5.41, 5.74) is -0.485. The standard InChI is InChI=1S/C13H16BrF2NO/c1-4-17(7-8(2)3)13(18)12-10(15)5-9(14)6-11(12)16/h5-6,8H,4,7H2,1-3H3. The van der Waals surface area contributed by atoms with Crippen LogP contribution >= 0.6 is 15.9 Å². The van der Waals surface area contributed by atoms with Gasteiger partial charge in [0, 0.05) is 17.6 Å². The van der Waals surface area contributed by atoms with Gasteiger partial charge < -0.3 is 4.90 Å². The minimum Gasteiger partial charge on any atom is -0.338 e. The van der Waals surface area contributed by atoms with Crippen molar-refractivity contribution in [1.29, 1.82) is 0 Å². The number of hydrogen-bond acceptors (Lipinski definition) is 1. The molecule has 0 aliphatic carbocycles. The summed E-state index contributed by atoms with van der Waals surface area (Å²) in [5, 5.41) is 0. The van der Waals surface area contributed by atoms with Crippen molar-refractivity contribution in [2.45, 2.75) is 20.8 Å². The molecule has 0 aliphatic rings. The second-order valence-electron chi connectivity index (χ2n) is 4.48. The van der Waals surface area contributed by atoms with Gasteiger partial charge in [0.15, 0.2) is 0 Å². The van der Waals surface area contributed by atoms with Gasteiger partial charge in [-0.15, -0.1) is 0 Å². The third kappa shape index (κ3) is 3.51. The van der Waals surface area contributed by atoms with Gasteiger partial charge in [-0.2, -0.15) is 0 Å². The fourth-order valence-electron chi connectivity index (χ4n) is 1.70. The third-order valence-electron chi connectivity index (χ3n) is 2.48. The Bertz CT molecular complexity index is 426. The molecule has 0 spiro atoms. The van der Waals surface area contributed by atoms with Crippen LogP contribution in [0.1, 0.15) is 31.1 Å². The van der Waals surface area contributed by atoms with E-state index in [2.05, 4.69) is 15.9 Å². The van der Waals surface area contributed by atoms with Crippen LogP contribution in [0, 0.1) is 17.6 Å². The maximum Gasteiger partial charge on any atom is 0.259 e. The van der Waals surface area contributed by atoms with E-state index < -0.39 is 23.1 Å². The molecule has 0 bridgehead atoms. The van der Waals surface area contributed by atoms with E-state index in [0.717, 1.165) is 12.1 Å². The molecule has 0 N–H and O–H groups in total. The van der Waals surface area contributed by atoms with Gasteiger partial charge in [-0.05, 0) is 25.0 Å². The highest BCUT2D eigenvalue weighted by molar-refractivity contribution is 9.10. The second-order valence-corrected chi connectivity index (χ2v) is 5.40. The Labute approximate surface area is 114 Å². The SMILES string of the molecule is CCN(CC(C)C)C(=O)c1c(F)cc(Br)cc1F. The monoisotopic (exact) mass is 319 g/mol. The van der Waals surface area contributed by atoms with Gasteiger partial charge in [0.2, 0.25) is 0 Å². The molecule has 100 valence electrons. The zero-order valence-corrected chi connectivity index (χ0v) is 12.2. The summed E-state index contributed by atoms with van der Waals surface area (Å²) in [6, 6.07) is 2.19. The normalized spacial score (nSPS) is 10.8. The first-order valence-corrected chi connectivity index (χ1v) is 6.59. The van der Waals surface area contributed by atoms with E-state index in [-0.39, 0.29) is 10.4 Å². The minimum absolute atomic E-state index is 0.246. The van der Waals surface area contributed by atoms with Crippen LogP contribution in [0.25, 0.3) is 0 Å². The molecule has 0 saturated heterocycles. The van der Waals surface area contributed by atoms with E-state index in [1.807, 2.05) is 13.8 Å². The maximum absolute atomic E-state index is 13.7. The summed E-state index contributed by atoms with van der Waals surface area (Å²) < 4.78 is 27.6. The van der Waals surface area contributed by atoms with Gasteiger partial charge in [-0.3, -0.25) is 4.79 Å². The first-order chi connectivity index (χ1) is 8.36. The Morgan fingerprint density at radius 1 is 1.33 bits per heavy atom. The predicted octanol–water partition coefficient (Wildman–Crippen LogP) is 3.85. The summed E-state index contributed by atoms with van der Waals surface area (Å²) in [7, 11) is 0. The summed E-state index contributed by atoms with van der Waals surface area (Å²) in [6.45, 7) is 6.58. The van der Waals surface area contributed by atoms with Gasteiger partial charge in [-0.25, -0.2) is 8.78 Å². The number of amides is 1. The number of rotatable bonds is 4. The average molecular weight is 320 g/mol. The van der Waals surface area contributed by atoms with Crippen molar-refractivity contribution in [2.24, 2.45) is 5.92 Å². The molecular weight excluding hydrogens is 304 g/mol. The molecule has 0 fully saturated rings. The van der Waals surface area contributed by atoms with Crippen LogP contribution in [-0.2, 0) is 0 Å². The molecule has 18 heavy (non-hydrogen) atoms. The molecule has 2 nitrogen and oxygen atoms in total. The third-order valence-corrected chi connectivity index (χ3v) is 2.93. The molecule has 5 heteroatoms. The van der Waals surface area contributed by atoms with Crippen LogP contribution in [0.2, 0.25) is 0 Å². The van der Waals surface area contributed by atoms with E-state index >= 15 is 0 Å². The van der Waals surface area contributed by atoms with Gasteiger partial charge in [-0.1, -0.05) is 29.8 Å². The smallest absolute Gasteiger partial charge is 0.259 e. The average Bonchev–Trinajstić information content (AvgIpc) is 2.23. The Kier molecular flexibility index (Phi) is 5.26. The predicted molar refractivity (Wildman–Crippen MR) is 70.5 cm³/mol. The molecule has 0 aliphatic heterocycles. The van der Waals surface area contributed by atoms with E-state index in [1.165, 1.54) is 4.90 Å². The van der Waals surface area contributed by atoms with E-state index in [1.54, 1.807) is 6.92 Å². The second kappa shape index (κ2) is 6.27. The summed E-state index contributed by atoms with van der Waals surface area (Å²) >= 11 is 2.99. The van der Waals surface area contributed by atoms with Gasteiger partial charge in [0.1, 0.15) is 17.2 Å². The lowest BCUT2D eigenvalue weighted by molar-refractivity contribution is 0.0736. The first kappa shape index (κ1) is 15.1. The van der Waals surface area contributed by atoms with Gasteiger partial charge in [0.25, 0.3) is 5.91 Å². The van der Waals surface area contributed by atoms with Crippen molar-refractivity contribution < 1.29 is 13.6 Å². The summed E-state index contributed by atoms with van der Waals surface area (Å²) in [5.74, 6) is -2.03. The lowest BCUT2D eigenvalue weighted by Crippen LogP contribution is -2.35. The molecule has 0 atom stereocenters. The fourth-order valence-corrected chi connectivity index (χ4v) is 2.10. The number of carbonyl (C=O) groups is 1. The van der Waals surface area contributed by atoms with Gasteiger partial charge in [0.05, 0.1) is 0 Å². The Balaban J connectivity index is 3.09. The van der Waals surface area contributed by atoms with Crippen LogP contribution in [0.4, 0.5) is 8.78 Å². The maximum atomic E-state index is 13.7. The number of hydrogen-bond donors (Lipinski definition) is 0. The van der Waals surface area contributed by atoms with Crippen molar-refractivity contribution >= 4 is 21.8 Å². The zero-order valence-electron chi connectivity index (χ0n) is 10.6. The highest BCUT2D eigenvalue weighted by Crippen LogP contribution is 2.21. The highest BCUT2D eigenvalue weighted by atomic mass is 79.9. The number of halogens is 3. The first-order valence-electron chi connectivity index (χ1n) is 5.80. The largest absolute Gasteiger partial charge is 0.338 e. The molecule has 1 aromatic carbocycles. The minimum atomic E-state index is -0.839. The highest BCUT2D eigenvalue weighted by Gasteiger charge is 2.23. The van der Waals surface area contributed by atoms with E-state index in [0.29, 0.717) is 13.1 Å². The quantitative estimate of drug-likeness (QED) is 0.825. The lowest BCUT2D eigenvalue weighted by Gasteiger charge is -2.23. The Hall–Kier alpha value is -0.970. The number of benzene rings is 1. The van der Waals surface area contributed by atoms with E-state index in [9.17, 15) is 13.6 Å². The molecule has 1 aromatic rings. The molecular formula is C13H16BrF2NO. The molecule has 0 aromatic heterocycles. The molecule has 0 heterocycles. The van der Waals surface area contributed by atoms with Crippen LogP contribution in [0.3, 0.4) is 0 Å². The van der Waals surface area contributed by atoms with E-state index in [4.69, 9.17) is 0 Å². The van der Waals surface area contributed by atoms with Crippen molar-refractivity contribution in [3.63, 3.8) is 0 Å². The molecule has 1 amide bonds. The molecule has 1 rings (SSSR count). The van der Waals surface area contributed by atoms with Crippen molar-refractivity contribution in [1.82, 2.24) is 4.90 Å². The molecule has 0 radical (unpaired) electrons. The number of carbonyl (C=O) groups excluding carboxylic acids is 1. The fraction of sp³-hybridized carbons (Fsp3) is 0.462. The Morgan fingerprint density at radius 3 is 2.22 bits per heavy atom. The van der Waals surface area contributed by atoms with Gasteiger partial charge >= 0.3 is 0 Å². The molecule has 0 saturated carbocycles. The van der Waals surface area contributed by atoms with Crippen molar-refractivity contribution in [3.05, 3.63) is 33.8 Å². The lowest BCUT2D eigenvalue weighted by atomic mass is 10.1. The number of nitrogens with zero attached hydrogens (tertiary/aromatic N) is 1. The van der Waals surface area contributed by atoms with Crippen molar-refractivity contribution in [3.8, 4) is 0 Å². The van der Waals surface area contributed by atoms with Crippen LogP contribution < -0.4 is 0 Å². The van der Waals surface area contributed by atoms with Crippen molar-refractivity contribution in [2.75, 3.05) is 13.1 Å². The van der Waals surface area contributed by atoms with Crippen LogP contribution in [-0.4, -0.2) is 23.9 Å². The topological polar surface area (TPSA) is 20.3 Å². The summed E-state index contributed by atoms with van der Waals surface area (Å²) in [6.07, 6.45) is 0. The van der Waals surface area contributed by atoms with Crippen LogP contribution in [0.15, 0.2) is 16.6 Å². The molecule has 0 unspecified atom stereocenters. The zero-order chi connectivity index (χ0) is 13.9. The summed E-state index contributed by atoms with van der Waals surface area (Å²) in [4.78, 5) is 13.5.